The summed E-state index contributed by atoms with van der Waals surface area (Å²) in [5.74, 6) is -0.137. The molecule has 0 saturated heterocycles. The lowest BCUT2D eigenvalue weighted by molar-refractivity contribution is -0.148. The van der Waals surface area contributed by atoms with Gasteiger partial charge in [0.05, 0.1) is 12.5 Å². The molecule has 0 bridgehead atoms. The van der Waals surface area contributed by atoms with Gasteiger partial charge in [-0.15, -0.1) is 0 Å². The second kappa shape index (κ2) is 5.97. The number of rotatable bonds is 5. The maximum absolute atomic E-state index is 11.3. The molecule has 1 atom stereocenters. The minimum absolute atomic E-state index is 0.0349. The first-order valence-electron chi connectivity index (χ1n) is 4.85. The van der Waals surface area contributed by atoms with Crippen LogP contribution >= 0.6 is 0 Å². The van der Waals surface area contributed by atoms with Crippen LogP contribution in [0.5, 0.6) is 0 Å². The largest absolute Gasteiger partial charge is 0.466 e. The molecule has 0 rings (SSSR count). The summed E-state index contributed by atoms with van der Waals surface area (Å²) < 4.78 is 4.92. The number of hydrogen-bond acceptors (Lipinski definition) is 3. The number of carbonyl (C=O) groups is 1. The van der Waals surface area contributed by atoms with E-state index in [4.69, 9.17) is 4.74 Å². The van der Waals surface area contributed by atoms with Crippen molar-refractivity contribution in [2.75, 3.05) is 20.2 Å². The SMILES string of the molecule is CCOC(=O)C(C)CN(C)C(C)C. The van der Waals surface area contributed by atoms with Gasteiger partial charge < -0.3 is 9.64 Å². The lowest BCUT2D eigenvalue weighted by atomic mass is 10.1. The van der Waals surface area contributed by atoms with Crippen LogP contribution in [-0.2, 0) is 9.53 Å². The van der Waals surface area contributed by atoms with Crippen LogP contribution in [0, 0.1) is 5.92 Å². The molecule has 0 aliphatic heterocycles. The van der Waals surface area contributed by atoms with E-state index in [1.807, 2.05) is 20.9 Å². The third-order valence-electron chi connectivity index (χ3n) is 2.13. The molecule has 0 aromatic rings. The van der Waals surface area contributed by atoms with Gasteiger partial charge in [-0.2, -0.15) is 0 Å². The Balaban J connectivity index is 3.85. The van der Waals surface area contributed by atoms with Crippen molar-refractivity contribution in [2.24, 2.45) is 5.92 Å². The molecule has 0 aromatic heterocycles. The Morgan fingerprint density at radius 3 is 2.31 bits per heavy atom. The lowest BCUT2D eigenvalue weighted by Gasteiger charge is -2.23. The first-order chi connectivity index (χ1) is 5.99. The molecule has 0 N–H and O–H groups in total. The monoisotopic (exact) mass is 187 g/mol. The molecule has 1 unspecified atom stereocenters. The zero-order valence-electron chi connectivity index (χ0n) is 9.33. The van der Waals surface area contributed by atoms with Gasteiger partial charge in [-0.1, -0.05) is 6.92 Å². The summed E-state index contributed by atoms with van der Waals surface area (Å²) in [6, 6.07) is 0.469. The van der Waals surface area contributed by atoms with E-state index in [0.29, 0.717) is 12.6 Å². The van der Waals surface area contributed by atoms with Gasteiger partial charge in [0.25, 0.3) is 0 Å². The van der Waals surface area contributed by atoms with Crippen molar-refractivity contribution in [1.82, 2.24) is 4.90 Å². The second-order valence-corrected chi connectivity index (χ2v) is 3.69. The first kappa shape index (κ1) is 12.4. The van der Waals surface area contributed by atoms with Crippen molar-refractivity contribution in [3.63, 3.8) is 0 Å². The maximum Gasteiger partial charge on any atom is 0.309 e. The highest BCUT2D eigenvalue weighted by atomic mass is 16.5. The Kier molecular flexibility index (Phi) is 5.71. The smallest absolute Gasteiger partial charge is 0.309 e. The van der Waals surface area contributed by atoms with Gasteiger partial charge in [0.1, 0.15) is 0 Å². The predicted molar refractivity (Wildman–Crippen MR) is 53.6 cm³/mol. The number of carbonyl (C=O) groups excluding carboxylic acids is 1. The molecular formula is C10H21NO2. The lowest BCUT2D eigenvalue weighted by Crippen LogP contribution is -2.34. The summed E-state index contributed by atoms with van der Waals surface area (Å²) in [6.07, 6.45) is 0. The summed E-state index contributed by atoms with van der Waals surface area (Å²) in [5, 5.41) is 0. The molecule has 0 radical (unpaired) electrons. The van der Waals surface area contributed by atoms with Crippen molar-refractivity contribution in [3.05, 3.63) is 0 Å². The van der Waals surface area contributed by atoms with E-state index in [9.17, 15) is 4.79 Å². The Hall–Kier alpha value is -0.570. The van der Waals surface area contributed by atoms with E-state index in [0.717, 1.165) is 6.54 Å². The molecule has 0 saturated carbocycles. The van der Waals surface area contributed by atoms with Crippen LogP contribution in [0.3, 0.4) is 0 Å². The van der Waals surface area contributed by atoms with Crippen LogP contribution in [-0.4, -0.2) is 37.1 Å². The third-order valence-corrected chi connectivity index (χ3v) is 2.13. The highest BCUT2D eigenvalue weighted by Gasteiger charge is 2.16. The summed E-state index contributed by atoms with van der Waals surface area (Å²) in [7, 11) is 2.01. The quantitative estimate of drug-likeness (QED) is 0.611. The average molecular weight is 187 g/mol. The van der Waals surface area contributed by atoms with E-state index in [1.54, 1.807) is 0 Å². The Morgan fingerprint density at radius 1 is 1.38 bits per heavy atom. The Bertz CT molecular complexity index is 157. The molecule has 0 heterocycles. The summed E-state index contributed by atoms with van der Waals surface area (Å²) in [5.41, 5.74) is 0. The molecule has 13 heavy (non-hydrogen) atoms. The van der Waals surface area contributed by atoms with Crippen molar-refractivity contribution >= 4 is 5.97 Å². The summed E-state index contributed by atoms with van der Waals surface area (Å²) >= 11 is 0. The first-order valence-corrected chi connectivity index (χ1v) is 4.85. The van der Waals surface area contributed by atoms with Crippen LogP contribution in [0.25, 0.3) is 0 Å². The highest BCUT2D eigenvalue weighted by Crippen LogP contribution is 2.03. The van der Waals surface area contributed by atoms with E-state index >= 15 is 0 Å². The number of nitrogens with zero attached hydrogens (tertiary/aromatic N) is 1. The second-order valence-electron chi connectivity index (χ2n) is 3.69. The van der Waals surface area contributed by atoms with Gasteiger partial charge in [-0.05, 0) is 27.8 Å². The molecule has 0 spiro atoms. The zero-order chi connectivity index (χ0) is 10.4. The van der Waals surface area contributed by atoms with Crippen molar-refractivity contribution < 1.29 is 9.53 Å². The zero-order valence-corrected chi connectivity index (χ0v) is 9.33. The molecule has 0 amide bonds. The van der Waals surface area contributed by atoms with Crippen molar-refractivity contribution in [2.45, 2.75) is 33.7 Å². The van der Waals surface area contributed by atoms with Crippen LogP contribution in [0.1, 0.15) is 27.7 Å². The molecule has 78 valence electrons. The van der Waals surface area contributed by atoms with E-state index in [-0.39, 0.29) is 11.9 Å². The molecule has 3 heteroatoms. The third kappa shape index (κ3) is 4.88. The van der Waals surface area contributed by atoms with Crippen LogP contribution in [0.4, 0.5) is 0 Å². The molecule has 0 aliphatic carbocycles. The normalized spacial score (nSPS) is 13.5. The maximum atomic E-state index is 11.3. The van der Waals surface area contributed by atoms with E-state index in [1.165, 1.54) is 0 Å². The Morgan fingerprint density at radius 2 is 1.92 bits per heavy atom. The van der Waals surface area contributed by atoms with Gasteiger partial charge in [0.15, 0.2) is 0 Å². The van der Waals surface area contributed by atoms with Gasteiger partial charge in [-0.3, -0.25) is 4.79 Å². The summed E-state index contributed by atoms with van der Waals surface area (Å²) in [4.78, 5) is 13.4. The fraction of sp³-hybridized carbons (Fsp3) is 0.900. The molecule has 0 aromatic carbocycles. The number of ether oxygens (including phenoxy) is 1. The molecule has 0 aliphatic rings. The average Bonchev–Trinajstić information content (AvgIpc) is 2.04. The van der Waals surface area contributed by atoms with Crippen LogP contribution < -0.4 is 0 Å². The molecule has 0 fully saturated rings. The minimum atomic E-state index is -0.102. The van der Waals surface area contributed by atoms with E-state index in [2.05, 4.69) is 18.7 Å². The highest BCUT2D eigenvalue weighted by molar-refractivity contribution is 5.72. The fourth-order valence-electron chi connectivity index (χ4n) is 1.00. The van der Waals surface area contributed by atoms with E-state index < -0.39 is 0 Å². The number of hydrogen-bond donors (Lipinski definition) is 0. The predicted octanol–water partition coefficient (Wildman–Crippen LogP) is 1.53. The molecule has 3 nitrogen and oxygen atoms in total. The van der Waals surface area contributed by atoms with Crippen molar-refractivity contribution in [3.8, 4) is 0 Å². The molecular weight excluding hydrogens is 166 g/mol. The van der Waals surface area contributed by atoms with Crippen LogP contribution in [0.15, 0.2) is 0 Å². The number of esters is 1. The van der Waals surface area contributed by atoms with Gasteiger partial charge in [0, 0.05) is 12.6 Å². The van der Waals surface area contributed by atoms with Gasteiger partial charge in [0.2, 0.25) is 0 Å². The van der Waals surface area contributed by atoms with Gasteiger partial charge >= 0.3 is 5.97 Å². The summed E-state index contributed by atoms with van der Waals surface area (Å²) in [6.45, 7) is 9.18. The van der Waals surface area contributed by atoms with Gasteiger partial charge in [-0.25, -0.2) is 0 Å². The van der Waals surface area contributed by atoms with Crippen LogP contribution in [0.2, 0.25) is 0 Å². The standard InChI is InChI=1S/C10H21NO2/c1-6-13-10(12)9(4)7-11(5)8(2)3/h8-9H,6-7H2,1-5H3. The minimum Gasteiger partial charge on any atom is -0.466 e. The fourth-order valence-corrected chi connectivity index (χ4v) is 1.00. The van der Waals surface area contributed by atoms with Crippen molar-refractivity contribution in [1.29, 1.82) is 0 Å². The topological polar surface area (TPSA) is 29.5 Å². The Labute approximate surface area is 81.1 Å².